The molecule has 1 aromatic rings. The van der Waals surface area contributed by atoms with Crippen LogP contribution in [0.5, 0.6) is 5.75 Å². The van der Waals surface area contributed by atoms with Gasteiger partial charge in [0.1, 0.15) is 4.90 Å². The minimum Gasteiger partial charge on any atom is -0.489 e. The Morgan fingerprint density at radius 2 is 2.10 bits per heavy atom. The van der Waals surface area contributed by atoms with Gasteiger partial charge in [-0.05, 0) is 12.5 Å². The van der Waals surface area contributed by atoms with Crippen molar-refractivity contribution in [1.82, 2.24) is 5.32 Å². The van der Waals surface area contributed by atoms with Gasteiger partial charge in [0.05, 0.1) is 12.0 Å². The molecule has 1 amide bonds. The Morgan fingerprint density at radius 3 is 2.52 bits per heavy atom. The van der Waals surface area contributed by atoms with Gasteiger partial charge in [-0.25, -0.2) is 8.42 Å². The molecular weight excluding hydrogens is 324 g/mol. The van der Waals surface area contributed by atoms with Gasteiger partial charge in [-0.2, -0.15) is 0 Å². The molecule has 0 aliphatic rings. The number of nitro groups is 1. The minimum atomic E-state index is -4.32. The van der Waals surface area contributed by atoms with Crippen LogP contribution in [0.2, 0.25) is 0 Å². The highest BCUT2D eigenvalue weighted by Gasteiger charge is 2.28. The number of benzene rings is 1. The summed E-state index contributed by atoms with van der Waals surface area (Å²) in [5, 5.41) is 13.5. The average molecular weight is 337 g/mol. The summed E-state index contributed by atoms with van der Waals surface area (Å²) in [6, 6.07) is 1.88. The van der Waals surface area contributed by atoms with E-state index in [1.165, 1.54) is 0 Å². The normalized spacial score (nSPS) is 11.0. The third kappa shape index (κ3) is 4.05. The van der Waals surface area contributed by atoms with Crippen LogP contribution in [-0.2, 0) is 9.05 Å². The molecule has 0 aliphatic heterocycles. The van der Waals surface area contributed by atoms with Gasteiger partial charge in [0.2, 0.25) is 5.75 Å². The van der Waals surface area contributed by atoms with E-state index in [9.17, 15) is 23.3 Å². The fourth-order valence-electron chi connectivity index (χ4n) is 1.58. The van der Waals surface area contributed by atoms with Crippen molar-refractivity contribution in [3.05, 3.63) is 27.8 Å². The SMILES string of the molecule is CCCNC(=O)c1cc([N+](=O)[O-])c(OC)c(S(=O)(=O)Cl)c1. The van der Waals surface area contributed by atoms with Crippen LogP contribution in [0.25, 0.3) is 0 Å². The smallest absolute Gasteiger partial charge is 0.313 e. The van der Waals surface area contributed by atoms with Crippen LogP contribution in [0, 0.1) is 10.1 Å². The number of methoxy groups -OCH3 is 1. The molecule has 1 N–H and O–H groups in total. The van der Waals surface area contributed by atoms with Crippen LogP contribution in [0.4, 0.5) is 5.69 Å². The molecule has 0 heterocycles. The summed E-state index contributed by atoms with van der Waals surface area (Å²) >= 11 is 0. The van der Waals surface area contributed by atoms with Crippen LogP contribution in [0.3, 0.4) is 0 Å². The molecule has 0 bridgehead atoms. The predicted octanol–water partition coefficient (Wildman–Crippen LogP) is 1.67. The fourth-order valence-corrected chi connectivity index (χ4v) is 2.60. The minimum absolute atomic E-state index is 0.185. The monoisotopic (exact) mass is 336 g/mol. The van der Waals surface area contributed by atoms with Crippen molar-refractivity contribution in [2.75, 3.05) is 13.7 Å². The summed E-state index contributed by atoms with van der Waals surface area (Å²) in [6.45, 7) is 2.17. The lowest BCUT2D eigenvalue weighted by atomic mass is 10.1. The Morgan fingerprint density at radius 1 is 1.48 bits per heavy atom. The van der Waals surface area contributed by atoms with Gasteiger partial charge >= 0.3 is 5.69 Å². The lowest BCUT2D eigenvalue weighted by Crippen LogP contribution is -2.24. The number of carbonyl (C=O) groups excluding carboxylic acids is 1. The standard InChI is InChI=1S/C11H13ClN2O6S/c1-3-4-13-11(15)7-5-8(14(16)17)10(20-2)9(6-7)21(12,18)19/h5-6H,3-4H2,1-2H3,(H,13,15). The number of nitro benzene ring substituents is 1. The molecule has 0 saturated heterocycles. The summed E-state index contributed by atoms with van der Waals surface area (Å²) in [6.07, 6.45) is 0.657. The molecule has 8 nitrogen and oxygen atoms in total. The van der Waals surface area contributed by atoms with Crippen LogP contribution in [0.1, 0.15) is 23.7 Å². The lowest BCUT2D eigenvalue weighted by molar-refractivity contribution is -0.386. The molecule has 1 rings (SSSR count). The number of nitrogens with one attached hydrogen (secondary N) is 1. The van der Waals surface area contributed by atoms with Crippen molar-refractivity contribution in [2.45, 2.75) is 18.2 Å². The van der Waals surface area contributed by atoms with Gasteiger partial charge < -0.3 is 10.1 Å². The first kappa shape index (κ1) is 17.2. The Hall–Kier alpha value is -1.87. The number of ether oxygens (including phenoxy) is 1. The Bertz CT molecular complexity index is 674. The number of hydrogen-bond acceptors (Lipinski definition) is 6. The second-order valence-corrected chi connectivity index (χ2v) is 6.51. The van der Waals surface area contributed by atoms with Crippen molar-refractivity contribution >= 4 is 31.3 Å². The van der Waals surface area contributed by atoms with E-state index in [0.717, 1.165) is 19.2 Å². The zero-order valence-electron chi connectivity index (χ0n) is 11.3. The topological polar surface area (TPSA) is 116 Å². The molecule has 0 radical (unpaired) electrons. The maximum Gasteiger partial charge on any atom is 0.313 e. The maximum atomic E-state index is 11.8. The molecule has 0 atom stereocenters. The zero-order valence-corrected chi connectivity index (χ0v) is 12.8. The van der Waals surface area contributed by atoms with E-state index in [0.29, 0.717) is 13.0 Å². The summed E-state index contributed by atoms with van der Waals surface area (Å²) in [5.41, 5.74) is -0.837. The van der Waals surface area contributed by atoms with E-state index in [2.05, 4.69) is 5.32 Å². The third-order valence-corrected chi connectivity index (χ3v) is 3.82. The number of halogens is 1. The van der Waals surface area contributed by atoms with E-state index < -0.39 is 36.2 Å². The molecule has 21 heavy (non-hydrogen) atoms. The number of hydrogen-bond donors (Lipinski definition) is 1. The summed E-state index contributed by atoms with van der Waals surface area (Å²) < 4.78 is 27.8. The van der Waals surface area contributed by atoms with Crippen molar-refractivity contribution in [2.24, 2.45) is 0 Å². The van der Waals surface area contributed by atoms with Gasteiger partial charge in [-0.15, -0.1) is 0 Å². The highest BCUT2D eigenvalue weighted by Crippen LogP contribution is 2.36. The third-order valence-electron chi connectivity index (χ3n) is 2.50. The molecule has 10 heteroatoms. The van der Waals surface area contributed by atoms with Gasteiger partial charge in [0, 0.05) is 28.9 Å². The van der Waals surface area contributed by atoms with Crippen LogP contribution in [0.15, 0.2) is 17.0 Å². The van der Waals surface area contributed by atoms with E-state index in [1.54, 1.807) is 0 Å². The van der Waals surface area contributed by atoms with Crippen LogP contribution in [-0.4, -0.2) is 32.9 Å². The van der Waals surface area contributed by atoms with Crippen molar-refractivity contribution in [1.29, 1.82) is 0 Å². The first-order valence-corrected chi connectivity index (χ1v) is 8.12. The van der Waals surface area contributed by atoms with Gasteiger partial charge in [0.15, 0.2) is 0 Å². The van der Waals surface area contributed by atoms with Crippen molar-refractivity contribution in [3.8, 4) is 5.75 Å². The number of rotatable bonds is 6. The number of nitrogens with zero attached hydrogens (tertiary/aromatic N) is 1. The number of carbonyl (C=O) groups is 1. The lowest BCUT2D eigenvalue weighted by Gasteiger charge is -2.09. The first-order valence-electron chi connectivity index (χ1n) is 5.81. The van der Waals surface area contributed by atoms with Gasteiger partial charge in [-0.1, -0.05) is 6.92 Å². The second-order valence-electron chi connectivity index (χ2n) is 3.98. The average Bonchev–Trinajstić information content (AvgIpc) is 2.41. The highest BCUT2D eigenvalue weighted by atomic mass is 35.7. The first-order chi connectivity index (χ1) is 9.72. The van der Waals surface area contributed by atoms with Crippen molar-refractivity contribution in [3.63, 3.8) is 0 Å². The molecule has 0 fully saturated rings. The predicted molar refractivity (Wildman–Crippen MR) is 75.3 cm³/mol. The molecule has 0 spiro atoms. The largest absolute Gasteiger partial charge is 0.489 e. The molecule has 116 valence electrons. The van der Waals surface area contributed by atoms with Gasteiger partial charge in [-0.3, -0.25) is 14.9 Å². The highest BCUT2D eigenvalue weighted by molar-refractivity contribution is 8.13. The van der Waals surface area contributed by atoms with E-state index in [4.69, 9.17) is 15.4 Å². The molecule has 0 saturated carbocycles. The van der Waals surface area contributed by atoms with Gasteiger partial charge in [0.25, 0.3) is 15.0 Å². The van der Waals surface area contributed by atoms with Crippen LogP contribution < -0.4 is 10.1 Å². The van der Waals surface area contributed by atoms with E-state index >= 15 is 0 Å². The van der Waals surface area contributed by atoms with E-state index in [-0.39, 0.29) is 5.56 Å². The summed E-state index contributed by atoms with van der Waals surface area (Å²) in [5.74, 6) is -1.15. The molecule has 0 aromatic heterocycles. The van der Waals surface area contributed by atoms with Crippen LogP contribution >= 0.6 is 10.7 Å². The van der Waals surface area contributed by atoms with E-state index in [1.807, 2.05) is 6.92 Å². The second kappa shape index (κ2) is 6.72. The Balaban J connectivity index is 3.53. The molecular formula is C11H13ClN2O6S. The maximum absolute atomic E-state index is 11.8. The molecule has 0 unspecified atom stereocenters. The number of amides is 1. The summed E-state index contributed by atoms with van der Waals surface area (Å²) in [7, 11) is 2.00. The Labute approximate surface area is 125 Å². The fraction of sp³-hybridized carbons (Fsp3) is 0.364. The Kier molecular flexibility index (Phi) is 5.50. The zero-order chi connectivity index (χ0) is 16.2. The molecule has 0 aliphatic carbocycles. The quantitative estimate of drug-likeness (QED) is 0.480. The summed E-state index contributed by atoms with van der Waals surface area (Å²) in [4.78, 5) is 21.4. The van der Waals surface area contributed by atoms with Crippen molar-refractivity contribution < 1.29 is 22.9 Å². The molecule has 1 aromatic carbocycles.